The summed E-state index contributed by atoms with van der Waals surface area (Å²) < 4.78 is 0. The molecule has 0 aliphatic carbocycles. The second-order valence-corrected chi connectivity index (χ2v) is 4.47. The number of urea groups is 1. The molecule has 0 radical (unpaired) electrons. The fourth-order valence-corrected chi connectivity index (χ4v) is 2.15. The Bertz CT molecular complexity index is 774. The number of nitrogens with zero attached hydrogens (tertiary/aromatic N) is 3. The lowest BCUT2D eigenvalue weighted by Gasteiger charge is -2.27. The van der Waals surface area contributed by atoms with Gasteiger partial charge in [-0.3, -0.25) is 15.0 Å². The van der Waals surface area contributed by atoms with E-state index in [9.17, 15) is 14.4 Å². The van der Waals surface area contributed by atoms with Crippen LogP contribution in [0.4, 0.5) is 10.5 Å². The van der Waals surface area contributed by atoms with Gasteiger partial charge >= 0.3 is 12.0 Å². The van der Waals surface area contributed by atoms with Crippen LogP contribution in [0.5, 0.6) is 0 Å². The highest BCUT2D eigenvalue weighted by Crippen LogP contribution is 2.26. The van der Waals surface area contributed by atoms with Crippen molar-refractivity contribution < 1.29 is 19.5 Å². The van der Waals surface area contributed by atoms with Crippen molar-refractivity contribution >= 4 is 34.5 Å². The number of imide groups is 1. The molecular formula is C13H10N4O4. The zero-order chi connectivity index (χ0) is 15.0. The number of anilines is 1. The maximum absolute atomic E-state index is 11.9. The molecule has 21 heavy (non-hydrogen) atoms. The van der Waals surface area contributed by atoms with Gasteiger partial charge in [-0.25, -0.2) is 19.6 Å². The molecule has 2 aromatic rings. The number of aromatic nitrogens is 2. The Kier molecular flexibility index (Phi) is 2.98. The summed E-state index contributed by atoms with van der Waals surface area (Å²) in [6.45, 7) is 0.218. The first kappa shape index (κ1) is 13.0. The third kappa shape index (κ3) is 2.27. The highest BCUT2D eigenvalue weighted by atomic mass is 16.4. The third-order valence-corrected chi connectivity index (χ3v) is 3.13. The summed E-state index contributed by atoms with van der Waals surface area (Å²) >= 11 is 0. The molecule has 2 heterocycles. The summed E-state index contributed by atoms with van der Waals surface area (Å²) in [6.07, 6.45) is 1.57. The highest BCUT2D eigenvalue weighted by molar-refractivity contribution is 6.09. The van der Waals surface area contributed by atoms with Crippen molar-refractivity contribution in [3.8, 4) is 0 Å². The predicted molar refractivity (Wildman–Crippen MR) is 72.0 cm³/mol. The minimum absolute atomic E-state index is 0.180. The molecule has 106 valence electrons. The molecule has 0 atom stereocenters. The Labute approximate surface area is 118 Å². The van der Waals surface area contributed by atoms with E-state index >= 15 is 0 Å². The number of carbonyl (C=O) groups is 3. The molecule has 1 fully saturated rings. The van der Waals surface area contributed by atoms with E-state index in [-0.39, 0.29) is 24.7 Å². The molecule has 3 rings (SSSR count). The number of carbonyl (C=O) groups excluding carboxylic acids is 2. The van der Waals surface area contributed by atoms with E-state index in [0.29, 0.717) is 16.6 Å². The molecule has 2 N–H and O–H groups in total. The maximum atomic E-state index is 11.9. The van der Waals surface area contributed by atoms with Crippen molar-refractivity contribution in [2.24, 2.45) is 0 Å². The van der Waals surface area contributed by atoms with E-state index in [1.807, 2.05) is 0 Å². The minimum atomic E-state index is -1.25. The van der Waals surface area contributed by atoms with Gasteiger partial charge in [-0.05, 0) is 6.07 Å². The van der Waals surface area contributed by atoms with Gasteiger partial charge in [0.1, 0.15) is 0 Å². The molecule has 8 nitrogen and oxygen atoms in total. The van der Waals surface area contributed by atoms with Crippen LogP contribution in [0.15, 0.2) is 24.4 Å². The fourth-order valence-electron chi connectivity index (χ4n) is 2.15. The van der Waals surface area contributed by atoms with Crippen molar-refractivity contribution in [2.45, 2.75) is 6.42 Å². The molecular weight excluding hydrogens is 276 g/mol. The zero-order valence-electron chi connectivity index (χ0n) is 10.7. The number of nitrogens with one attached hydrogen (secondary N) is 1. The quantitative estimate of drug-likeness (QED) is 0.843. The summed E-state index contributed by atoms with van der Waals surface area (Å²) in [4.78, 5) is 43.2. The number of carboxylic acids is 1. The monoisotopic (exact) mass is 286 g/mol. The van der Waals surface area contributed by atoms with Crippen molar-refractivity contribution in [1.29, 1.82) is 0 Å². The molecule has 0 bridgehead atoms. The summed E-state index contributed by atoms with van der Waals surface area (Å²) in [5, 5.41) is 11.8. The van der Waals surface area contributed by atoms with Gasteiger partial charge in [0.2, 0.25) is 11.7 Å². The van der Waals surface area contributed by atoms with Crippen LogP contribution in [-0.2, 0) is 4.79 Å². The molecule has 3 amide bonds. The molecule has 0 unspecified atom stereocenters. The number of aromatic carboxylic acids is 1. The summed E-state index contributed by atoms with van der Waals surface area (Å²) in [6, 6.07) is 4.54. The van der Waals surface area contributed by atoms with E-state index in [2.05, 4.69) is 15.3 Å². The van der Waals surface area contributed by atoms with Crippen LogP contribution in [0.25, 0.3) is 10.9 Å². The molecule has 8 heteroatoms. The van der Waals surface area contributed by atoms with Gasteiger partial charge in [-0.2, -0.15) is 0 Å². The van der Waals surface area contributed by atoms with E-state index in [0.717, 1.165) is 0 Å². The fraction of sp³-hybridized carbons (Fsp3) is 0.154. The van der Waals surface area contributed by atoms with E-state index in [4.69, 9.17) is 5.11 Å². The lowest BCUT2D eigenvalue weighted by Crippen LogP contribution is -2.49. The second kappa shape index (κ2) is 4.82. The van der Waals surface area contributed by atoms with E-state index in [1.54, 1.807) is 18.2 Å². The topological polar surface area (TPSA) is 112 Å². The van der Waals surface area contributed by atoms with E-state index in [1.165, 1.54) is 11.1 Å². The van der Waals surface area contributed by atoms with Crippen LogP contribution in [0.1, 0.15) is 17.0 Å². The Hall–Kier alpha value is -3.03. The smallest absolute Gasteiger partial charge is 0.373 e. The molecule has 1 aliphatic rings. The van der Waals surface area contributed by atoms with Crippen LogP contribution in [0.2, 0.25) is 0 Å². The van der Waals surface area contributed by atoms with Gasteiger partial charge in [0, 0.05) is 24.5 Å². The molecule has 1 saturated heterocycles. The first-order chi connectivity index (χ1) is 10.1. The molecule has 0 spiro atoms. The Balaban J connectivity index is 2.13. The average Bonchev–Trinajstić information content (AvgIpc) is 2.46. The highest BCUT2D eigenvalue weighted by Gasteiger charge is 2.26. The van der Waals surface area contributed by atoms with Crippen molar-refractivity contribution in [3.63, 3.8) is 0 Å². The lowest BCUT2D eigenvalue weighted by atomic mass is 10.2. The molecule has 1 aromatic heterocycles. The SMILES string of the molecule is O=C1CCN(c2cccc3cnc(C(=O)O)nc23)C(=O)N1. The number of carboxylic acid groups (broad SMARTS) is 1. The Morgan fingerprint density at radius 1 is 1.33 bits per heavy atom. The van der Waals surface area contributed by atoms with Gasteiger partial charge in [0.15, 0.2) is 0 Å². The number of rotatable bonds is 2. The van der Waals surface area contributed by atoms with Gasteiger partial charge in [-0.1, -0.05) is 12.1 Å². The summed E-state index contributed by atoms with van der Waals surface area (Å²) in [5.74, 6) is -1.93. The largest absolute Gasteiger partial charge is 0.475 e. The molecule has 1 aliphatic heterocycles. The van der Waals surface area contributed by atoms with Crippen LogP contribution < -0.4 is 10.2 Å². The third-order valence-electron chi connectivity index (χ3n) is 3.13. The Morgan fingerprint density at radius 3 is 2.86 bits per heavy atom. The number of hydrogen-bond acceptors (Lipinski definition) is 5. The summed E-state index contributed by atoms with van der Waals surface area (Å²) in [7, 11) is 0. The van der Waals surface area contributed by atoms with Crippen molar-refractivity contribution in [3.05, 3.63) is 30.2 Å². The number of para-hydroxylation sites is 1. The zero-order valence-corrected chi connectivity index (χ0v) is 10.7. The number of fused-ring (bicyclic) bond motifs is 1. The van der Waals surface area contributed by atoms with Crippen molar-refractivity contribution in [2.75, 3.05) is 11.4 Å². The van der Waals surface area contributed by atoms with Gasteiger partial charge in [0.05, 0.1) is 11.2 Å². The molecule has 0 saturated carbocycles. The first-order valence-electron chi connectivity index (χ1n) is 6.16. The number of benzene rings is 1. The van der Waals surface area contributed by atoms with Crippen molar-refractivity contribution in [1.82, 2.24) is 15.3 Å². The van der Waals surface area contributed by atoms with Crippen LogP contribution >= 0.6 is 0 Å². The van der Waals surface area contributed by atoms with Gasteiger partial charge in [-0.15, -0.1) is 0 Å². The lowest BCUT2D eigenvalue weighted by molar-refractivity contribution is -0.120. The van der Waals surface area contributed by atoms with Crippen LogP contribution in [0, 0.1) is 0 Å². The first-order valence-corrected chi connectivity index (χ1v) is 6.16. The number of hydrogen-bond donors (Lipinski definition) is 2. The second-order valence-electron chi connectivity index (χ2n) is 4.47. The predicted octanol–water partition coefficient (Wildman–Crippen LogP) is 0.774. The average molecular weight is 286 g/mol. The molecule has 1 aromatic carbocycles. The minimum Gasteiger partial charge on any atom is -0.475 e. The van der Waals surface area contributed by atoms with Gasteiger partial charge < -0.3 is 5.11 Å². The number of amides is 3. The Morgan fingerprint density at radius 2 is 2.14 bits per heavy atom. The standard InChI is InChI=1S/C13H10N4O4/c18-9-4-5-17(13(21)15-9)8-3-1-2-7-6-14-11(12(19)20)16-10(7)8/h1-3,6H,4-5H2,(H,19,20)(H,15,18,21). The maximum Gasteiger partial charge on any atom is 0.373 e. The normalized spacial score (nSPS) is 15.1. The van der Waals surface area contributed by atoms with Crippen LogP contribution in [0.3, 0.4) is 0 Å². The summed E-state index contributed by atoms with van der Waals surface area (Å²) in [5.41, 5.74) is 0.803. The van der Waals surface area contributed by atoms with Gasteiger partial charge in [0.25, 0.3) is 0 Å². The van der Waals surface area contributed by atoms with E-state index < -0.39 is 12.0 Å². The van der Waals surface area contributed by atoms with Crippen LogP contribution in [-0.4, -0.2) is 39.5 Å².